The number of nitrogens with one attached hydrogen (secondary N) is 1. The Morgan fingerprint density at radius 2 is 2.05 bits per heavy atom. The van der Waals surface area contributed by atoms with E-state index in [1.165, 1.54) is 45.3 Å². The predicted octanol–water partition coefficient (Wildman–Crippen LogP) is 2.37. The zero-order valence-corrected chi connectivity index (χ0v) is 13.1. The Hall–Kier alpha value is -0.870. The lowest BCUT2D eigenvalue weighted by molar-refractivity contribution is 0.180. The van der Waals surface area contributed by atoms with E-state index in [4.69, 9.17) is 0 Å². The second kappa shape index (κ2) is 8.42. The third-order valence-electron chi connectivity index (χ3n) is 4.05. The molecule has 2 rings (SSSR count). The smallest absolute Gasteiger partial charge is 0.0945 e. The molecule has 4 heteroatoms. The average molecular weight is 278 g/mol. The van der Waals surface area contributed by atoms with Crippen LogP contribution in [0.15, 0.2) is 18.7 Å². The van der Waals surface area contributed by atoms with Gasteiger partial charge in [-0.25, -0.2) is 4.98 Å². The van der Waals surface area contributed by atoms with Crippen molar-refractivity contribution in [3.05, 3.63) is 18.7 Å². The SMILES string of the molecule is CC(C)CN1CCC(NCCCCn2ccnc2)CC1. The van der Waals surface area contributed by atoms with Crippen molar-refractivity contribution >= 4 is 0 Å². The Balaban J connectivity index is 1.49. The third-order valence-corrected chi connectivity index (χ3v) is 4.05. The lowest BCUT2D eigenvalue weighted by atomic mass is 10.0. The highest BCUT2D eigenvalue weighted by molar-refractivity contribution is 4.78. The van der Waals surface area contributed by atoms with Crippen LogP contribution < -0.4 is 5.32 Å². The summed E-state index contributed by atoms with van der Waals surface area (Å²) in [5.41, 5.74) is 0. The highest BCUT2D eigenvalue weighted by atomic mass is 15.1. The van der Waals surface area contributed by atoms with Crippen molar-refractivity contribution in [2.24, 2.45) is 5.92 Å². The predicted molar refractivity (Wildman–Crippen MR) is 83.8 cm³/mol. The number of unbranched alkanes of at least 4 members (excludes halogenated alkanes) is 1. The summed E-state index contributed by atoms with van der Waals surface area (Å²) in [6.45, 7) is 10.7. The highest BCUT2D eigenvalue weighted by Gasteiger charge is 2.18. The summed E-state index contributed by atoms with van der Waals surface area (Å²) in [6, 6.07) is 0.742. The number of rotatable bonds is 8. The molecule has 0 aromatic carbocycles. The monoisotopic (exact) mass is 278 g/mol. The fourth-order valence-corrected chi connectivity index (χ4v) is 2.98. The van der Waals surface area contributed by atoms with Gasteiger partial charge in [-0.3, -0.25) is 0 Å². The van der Waals surface area contributed by atoms with Gasteiger partial charge in [-0.05, 0) is 51.2 Å². The maximum atomic E-state index is 4.06. The van der Waals surface area contributed by atoms with E-state index in [-0.39, 0.29) is 0 Å². The summed E-state index contributed by atoms with van der Waals surface area (Å²) in [7, 11) is 0. The van der Waals surface area contributed by atoms with E-state index < -0.39 is 0 Å². The molecule has 1 aliphatic rings. The number of piperidine rings is 1. The average Bonchev–Trinajstić information content (AvgIpc) is 2.93. The molecule has 1 fully saturated rings. The van der Waals surface area contributed by atoms with Gasteiger partial charge in [-0.15, -0.1) is 0 Å². The molecule has 0 saturated carbocycles. The molecule has 1 saturated heterocycles. The van der Waals surface area contributed by atoms with Crippen LogP contribution in [0, 0.1) is 5.92 Å². The van der Waals surface area contributed by atoms with Crippen LogP contribution in [0.3, 0.4) is 0 Å². The second-order valence-corrected chi connectivity index (χ2v) is 6.43. The van der Waals surface area contributed by atoms with Gasteiger partial charge in [0.2, 0.25) is 0 Å². The van der Waals surface area contributed by atoms with E-state index in [0.717, 1.165) is 25.0 Å². The summed E-state index contributed by atoms with van der Waals surface area (Å²) in [4.78, 5) is 6.68. The minimum Gasteiger partial charge on any atom is -0.337 e. The van der Waals surface area contributed by atoms with E-state index >= 15 is 0 Å². The van der Waals surface area contributed by atoms with Crippen LogP contribution in [0.4, 0.5) is 0 Å². The molecule has 0 bridgehead atoms. The van der Waals surface area contributed by atoms with E-state index in [0.29, 0.717) is 0 Å². The molecule has 1 aromatic rings. The maximum absolute atomic E-state index is 4.06. The zero-order chi connectivity index (χ0) is 14.2. The fraction of sp³-hybridized carbons (Fsp3) is 0.812. The molecule has 0 unspecified atom stereocenters. The van der Waals surface area contributed by atoms with Crippen LogP contribution in [0.2, 0.25) is 0 Å². The first-order valence-corrected chi connectivity index (χ1v) is 8.15. The number of aromatic nitrogens is 2. The second-order valence-electron chi connectivity index (χ2n) is 6.43. The molecule has 0 aliphatic carbocycles. The molecular formula is C16H30N4. The number of hydrogen-bond acceptors (Lipinski definition) is 3. The third kappa shape index (κ3) is 5.63. The minimum atomic E-state index is 0.742. The van der Waals surface area contributed by atoms with Crippen molar-refractivity contribution in [1.82, 2.24) is 19.8 Å². The first-order chi connectivity index (χ1) is 9.74. The molecule has 0 amide bonds. The van der Waals surface area contributed by atoms with Gasteiger partial charge >= 0.3 is 0 Å². The topological polar surface area (TPSA) is 33.1 Å². The normalized spacial score (nSPS) is 17.9. The number of likely N-dealkylation sites (tertiary alicyclic amines) is 1. The standard InChI is InChI=1S/C16H30N4/c1-15(2)13-19-10-5-16(6-11-19)18-7-3-4-9-20-12-8-17-14-20/h8,12,14-16,18H,3-7,9-11,13H2,1-2H3. The summed E-state index contributed by atoms with van der Waals surface area (Å²) < 4.78 is 2.16. The summed E-state index contributed by atoms with van der Waals surface area (Å²) >= 11 is 0. The van der Waals surface area contributed by atoms with E-state index in [1.54, 1.807) is 0 Å². The summed E-state index contributed by atoms with van der Waals surface area (Å²) in [6.07, 6.45) is 10.9. The highest BCUT2D eigenvalue weighted by Crippen LogP contribution is 2.12. The molecular weight excluding hydrogens is 248 g/mol. The van der Waals surface area contributed by atoms with Gasteiger partial charge in [0.15, 0.2) is 0 Å². The van der Waals surface area contributed by atoms with Gasteiger partial charge < -0.3 is 14.8 Å². The number of hydrogen-bond donors (Lipinski definition) is 1. The quantitative estimate of drug-likeness (QED) is 0.741. The molecule has 0 spiro atoms. The van der Waals surface area contributed by atoms with Crippen molar-refractivity contribution in [3.8, 4) is 0 Å². The molecule has 2 heterocycles. The van der Waals surface area contributed by atoms with E-state index in [9.17, 15) is 0 Å². The Morgan fingerprint density at radius 1 is 1.25 bits per heavy atom. The molecule has 20 heavy (non-hydrogen) atoms. The van der Waals surface area contributed by atoms with Gasteiger partial charge in [0.05, 0.1) is 6.33 Å². The van der Waals surface area contributed by atoms with Gasteiger partial charge in [-0.2, -0.15) is 0 Å². The molecule has 0 atom stereocenters. The van der Waals surface area contributed by atoms with E-state index in [1.807, 2.05) is 18.7 Å². The van der Waals surface area contributed by atoms with Crippen LogP contribution in [0.25, 0.3) is 0 Å². The van der Waals surface area contributed by atoms with Gasteiger partial charge in [0.1, 0.15) is 0 Å². The van der Waals surface area contributed by atoms with E-state index in [2.05, 4.69) is 33.6 Å². The van der Waals surface area contributed by atoms with Gasteiger partial charge in [0.25, 0.3) is 0 Å². The van der Waals surface area contributed by atoms with Crippen molar-refractivity contribution < 1.29 is 0 Å². The van der Waals surface area contributed by atoms with Crippen LogP contribution in [-0.2, 0) is 6.54 Å². The van der Waals surface area contributed by atoms with Crippen LogP contribution >= 0.6 is 0 Å². The summed E-state index contributed by atoms with van der Waals surface area (Å²) in [5, 5.41) is 3.72. The first-order valence-electron chi connectivity index (χ1n) is 8.15. The zero-order valence-electron chi connectivity index (χ0n) is 13.1. The lowest BCUT2D eigenvalue weighted by Crippen LogP contribution is -2.43. The molecule has 1 N–H and O–H groups in total. The van der Waals surface area contributed by atoms with Crippen LogP contribution in [0.5, 0.6) is 0 Å². The van der Waals surface area contributed by atoms with Gasteiger partial charge in [0, 0.05) is 31.5 Å². The Kier molecular flexibility index (Phi) is 6.54. The Morgan fingerprint density at radius 3 is 2.70 bits per heavy atom. The van der Waals surface area contributed by atoms with Crippen molar-refractivity contribution in [2.45, 2.75) is 52.1 Å². The fourth-order valence-electron chi connectivity index (χ4n) is 2.98. The van der Waals surface area contributed by atoms with Crippen LogP contribution in [-0.4, -0.2) is 46.7 Å². The van der Waals surface area contributed by atoms with Crippen LogP contribution in [0.1, 0.15) is 39.5 Å². The minimum absolute atomic E-state index is 0.742. The number of aryl methyl sites for hydroxylation is 1. The number of nitrogens with zero attached hydrogens (tertiary/aromatic N) is 3. The maximum Gasteiger partial charge on any atom is 0.0945 e. The van der Waals surface area contributed by atoms with Crippen molar-refractivity contribution in [3.63, 3.8) is 0 Å². The first kappa shape index (κ1) is 15.5. The van der Waals surface area contributed by atoms with Crippen molar-refractivity contribution in [1.29, 1.82) is 0 Å². The largest absolute Gasteiger partial charge is 0.337 e. The molecule has 114 valence electrons. The Bertz CT molecular complexity index is 339. The molecule has 1 aromatic heterocycles. The lowest BCUT2D eigenvalue weighted by Gasteiger charge is -2.33. The van der Waals surface area contributed by atoms with Gasteiger partial charge in [-0.1, -0.05) is 13.8 Å². The summed E-state index contributed by atoms with van der Waals surface area (Å²) in [5.74, 6) is 0.794. The Labute approximate surface area is 123 Å². The van der Waals surface area contributed by atoms with Crippen molar-refractivity contribution in [2.75, 3.05) is 26.2 Å². The molecule has 0 radical (unpaired) electrons. The molecule has 1 aliphatic heterocycles. The molecule has 4 nitrogen and oxygen atoms in total. The number of imidazole rings is 1.